The topological polar surface area (TPSA) is 76.7 Å². The van der Waals surface area contributed by atoms with Gasteiger partial charge in [-0.15, -0.1) is 0 Å². The lowest BCUT2D eigenvalue weighted by Gasteiger charge is -2.06. The number of fused-ring (bicyclic) bond motifs is 1. The quantitative estimate of drug-likeness (QED) is 0.899. The molecule has 0 atom stereocenters. The monoisotopic (exact) mass is 248 g/mol. The van der Waals surface area contributed by atoms with Crippen LogP contribution in [0.2, 0.25) is 0 Å². The van der Waals surface area contributed by atoms with Crippen LogP contribution in [0, 0.1) is 6.92 Å². The fourth-order valence-corrected chi connectivity index (χ4v) is 1.66. The number of carboxylic acid groups (broad SMARTS) is 1. The molecule has 2 rings (SSSR count). The van der Waals surface area contributed by atoms with Gasteiger partial charge < -0.3 is 14.3 Å². The highest BCUT2D eigenvalue weighted by Crippen LogP contribution is 2.30. The molecule has 0 amide bonds. The predicted molar refractivity (Wildman–Crippen MR) is 64.1 cm³/mol. The number of carbonyl (C=O) groups is 2. The highest BCUT2D eigenvalue weighted by molar-refractivity contribution is 5.96. The second-order valence-electron chi connectivity index (χ2n) is 4.04. The molecule has 1 aromatic carbocycles. The first kappa shape index (κ1) is 12.2. The number of ketones is 1. The van der Waals surface area contributed by atoms with E-state index in [1.807, 2.05) is 0 Å². The summed E-state index contributed by atoms with van der Waals surface area (Å²) in [6.45, 7) is 3.07. The van der Waals surface area contributed by atoms with Crippen LogP contribution in [0.25, 0.3) is 11.0 Å². The highest BCUT2D eigenvalue weighted by atomic mass is 16.5. The molecule has 0 aliphatic rings. The molecular weight excluding hydrogens is 236 g/mol. The summed E-state index contributed by atoms with van der Waals surface area (Å²) in [5.74, 6) is -0.208. The normalized spacial score (nSPS) is 10.6. The SMILES string of the molecule is CC(=O)COc1cc(C(=O)O)cc2oc(C)cc12. The summed E-state index contributed by atoms with van der Waals surface area (Å²) in [5, 5.41) is 9.65. The van der Waals surface area contributed by atoms with Gasteiger partial charge in [-0.1, -0.05) is 0 Å². The molecule has 0 aliphatic heterocycles. The second kappa shape index (κ2) is 4.52. The molecule has 1 heterocycles. The van der Waals surface area contributed by atoms with Crippen molar-refractivity contribution < 1.29 is 23.8 Å². The molecule has 1 N–H and O–H groups in total. The first-order chi connectivity index (χ1) is 8.47. The number of carboxylic acids is 1. The maximum absolute atomic E-state index is 11.0. The standard InChI is InChI=1S/C13H12O5/c1-7(14)6-17-11-4-9(13(15)16)5-12-10(11)3-8(2)18-12/h3-5H,6H2,1-2H3,(H,15,16). The van der Waals surface area contributed by atoms with Crippen LogP contribution < -0.4 is 4.74 Å². The van der Waals surface area contributed by atoms with Crippen molar-refractivity contribution in [1.82, 2.24) is 0 Å². The van der Waals surface area contributed by atoms with Crippen LogP contribution in [0.1, 0.15) is 23.0 Å². The van der Waals surface area contributed by atoms with Gasteiger partial charge in [0.25, 0.3) is 0 Å². The van der Waals surface area contributed by atoms with E-state index in [1.165, 1.54) is 19.1 Å². The molecular formula is C13H12O5. The number of furan rings is 1. The summed E-state index contributed by atoms with van der Waals surface area (Å²) in [7, 11) is 0. The lowest BCUT2D eigenvalue weighted by atomic mass is 10.1. The molecule has 0 radical (unpaired) electrons. The van der Waals surface area contributed by atoms with E-state index in [0.717, 1.165) is 0 Å². The van der Waals surface area contributed by atoms with E-state index in [9.17, 15) is 9.59 Å². The zero-order valence-corrected chi connectivity index (χ0v) is 10.0. The summed E-state index contributed by atoms with van der Waals surface area (Å²) in [5.41, 5.74) is 0.501. The van der Waals surface area contributed by atoms with Gasteiger partial charge in [0.2, 0.25) is 0 Å². The number of aryl methyl sites for hydroxylation is 1. The van der Waals surface area contributed by atoms with Crippen LogP contribution in [0.5, 0.6) is 5.75 Å². The predicted octanol–water partition coefficient (Wildman–Crippen LogP) is 2.41. The smallest absolute Gasteiger partial charge is 0.335 e. The summed E-state index contributed by atoms with van der Waals surface area (Å²) in [6, 6.07) is 4.57. The Kier molecular flexibility index (Phi) is 3.06. The first-order valence-electron chi connectivity index (χ1n) is 5.37. The number of hydrogen-bond acceptors (Lipinski definition) is 4. The van der Waals surface area contributed by atoms with Gasteiger partial charge in [-0.2, -0.15) is 0 Å². The van der Waals surface area contributed by atoms with Crippen molar-refractivity contribution in [2.75, 3.05) is 6.61 Å². The van der Waals surface area contributed by atoms with E-state index in [-0.39, 0.29) is 18.0 Å². The van der Waals surface area contributed by atoms with Gasteiger partial charge in [-0.3, -0.25) is 4.79 Å². The number of benzene rings is 1. The molecule has 0 unspecified atom stereocenters. The summed E-state index contributed by atoms with van der Waals surface area (Å²) in [6.07, 6.45) is 0. The van der Waals surface area contributed by atoms with E-state index in [0.29, 0.717) is 22.5 Å². The number of hydrogen-bond donors (Lipinski definition) is 1. The Balaban J connectivity index is 2.52. The van der Waals surface area contributed by atoms with Gasteiger partial charge >= 0.3 is 5.97 Å². The molecule has 5 nitrogen and oxygen atoms in total. The minimum atomic E-state index is -1.07. The number of rotatable bonds is 4. The molecule has 2 aromatic rings. The van der Waals surface area contributed by atoms with Gasteiger partial charge in [0.05, 0.1) is 10.9 Å². The zero-order chi connectivity index (χ0) is 13.3. The maximum atomic E-state index is 11.0. The number of carbonyl (C=O) groups excluding carboxylic acids is 1. The number of aromatic carboxylic acids is 1. The minimum absolute atomic E-state index is 0.0652. The van der Waals surface area contributed by atoms with E-state index in [4.69, 9.17) is 14.3 Å². The van der Waals surface area contributed by atoms with Crippen LogP contribution >= 0.6 is 0 Å². The Morgan fingerprint density at radius 1 is 1.33 bits per heavy atom. The summed E-state index contributed by atoms with van der Waals surface area (Å²) < 4.78 is 10.7. The third kappa shape index (κ3) is 2.34. The van der Waals surface area contributed by atoms with E-state index in [1.54, 1.807) is 13.0 Å². The third-order valence-corrected chi connectivity index (χ3v) is 2.40. The Morgan fingerprint density at radius 3 is 2.67 bits per heavy atom. The number of Topliss-reactive ketones (excluding diaryl/α,β-unsaturated/α-hetero) is 1. The minimum Gasteiger partial charge on any atom is -0.485 e. The van der Waals surface area contributed by atoms with Crippen LogP contribution in [-0.4, -0.2) is 23.5 Å². The molecule has 5 heteroatoms. The summed E-state index contributed by atoms with van der Waals surface area (Å²) >= 11 is 0. The van der Waals surface area contributed by atoms with Crippen molar-refractivity contribution in [2.45, 2.75) is 13.8 Å². The maximum Gasteiger partial charge on any atom is 0.335 e. The van der Waals surface area contributed by atoms with Gasteiger partial charge in [-0.05, 0) is 32.0 Å². The molecule has 0 fully saturated rings. The van der Waals surface area contributed by atoms with E-state index in [2.05, 4.69) is 0 Å². The van der Waals surface area contributed by atoms with Crippen molar-refractivity contribution in [2.24, 2.45) is 0 Å². The molecule has 0 saturated heterocycles. The van der Waals surface area contributed by atoms with Crippen molar-refractivity contribution >= 4 is 22.7 Å². The van der Waals surface area contributed by atoms with Gasteiger partial charge in [-0.25, -0.2) is 4.79 Å². The van der Waals surface area contributed by atoms with Crippen molar-refractivity contribution in [3.63, 3.8) is 0 Å². The largest absolute Gasteiger partial charge is 0.485 e. The van der Waals surface area contributed by atoms with Crippen molar-refractivity contribution in [3.05, 3.63) is 29.5 Å². The zero-order valence-electron chi connectivity index (χ0n) is 10.0. The van der Waals surface area contributed by atoms with E-state index < -0.39 is 5.97 Å². The molecule has 0 aliphatic carbocycles. The fraction of sp³-hybridized carbons (Fsp3) is 0.231. The third-order valence-electron chi connectivity index (χ3n) is 2.40. The van der Waals surface area contributed by atoms with Gasteiger partial charge in [0.1, 0.15) is 23.7 Å². The molecule has 18 heavy (non-hydrogen) atoms. The lowest BCUT2D eigenvalue weighted by molar-refractivity contribution is -0.118. The number of ether oxygens (including phenoxy) is 1. The second-order valence-corrected chi connectivity index (χ2v) is 4.04. The Bertz CT molecular complexity index is 624. The average molecular weight is 248 g/mol. The van der Waals surface area contributed by atoms with Crippen LogP contribution in [0.3, 0.4) is 0 Å². The average Bonchev–Trinajstić information content (AvgIpc) is 2.65. The molecule has 0 saturated carbocycles. The van der Waals surface area contributed by atoms with Gasteiger partial charge in [0.15, 0.2) is 5.78 Å². The highest BCUT2D eigenvalue weighted by Gasteiger charge is 2.13. The summed E-state index contributed by atoms with van der Waals surface area (Å²) in [4.78, 5) is 21.9. The first-order valence-corrected chi connectivity index (χ1v) is 5.37. The Hall–Kier alpha value is -2.30. The Labute approximate surface area is 103 Å². The molecule has 0 bridgehead atoms. The molecule has 94 valence electrons. The Morgan fingerprint density at radius 2 is 2.06 bits per heavy atom. The van der Waals surface area contributed by atoms with Gasteiger partial charge in [0, 0.05) is 0 Å². The lowest BCUT2D eigenvalue weighted by Crippen LogP contribution is -2.07. The fourth-order valence-electron chi connectivity index (χ4n) is 1.66. The molecule has 0 spiro atoms. The van der Waals surface area contributed by atoms with Crippen LogP contribution in [0.4, 0.5) is 0 Å². The van der Waals surface area contributed by atoms with Crippen molar-refractivity contribution in [3.8, 4) is 5.75 Å². The van der Waals surface area contributed by atoms with Crippen molar-refractivity contribution in [1.29, 1.82) is 0 Å². The van der Waals surface area contributed by atoms with Crippen LogP contribution in [-0.2, 0) is 4.79 Å². The van der Waals surface area contributed by atoms with E-state index >= 15 is 0 Å². The molecule has 1 aromatic heterocycles. The van der Waals surface area contributed by atoms with Crippen LogP contribution in [0.15, 0.2) is 22.6 Å².